The van der Waals surface area contributed by atoms with E-state index >= 15 is 0 Å². The highest BCUT2D eigenvalue weighted by Gasteiger charge is 2.52. The second-order valence-corrected chi connectivity index (χ2v) is 20.0. The van der Waals surface area contributed by atoms with Crippen molar-refractivity contribution in [2.45, 2.75) is 24.7 Å². The quantitative estimate of drug-likeness (QED) is 0.157. The van der Waals surface area contributed by atoms with Crippen molar-refractivity contribution in [3.05, 3.63) is 300 Å². The van der Waals surface area contributed by atoms with Gasteiger partial charge < -0.3 is 9.80 Å². The summed E-state index contributed by atoms with van der Waals surface area (Å²) in [6.07, 6.45) is 0. The van der Waals surface area contributed by atoms with E-state index in [1.807, 2.05) is 0 Å². The predicted octanol–water partition coefficient (Wildman–Crippen LogP) is 18.6. The third-order valence-corrected chi connectivity index (χ3v) is 15.9. The summed E-state index contributed by atoms with van der Waals surface area (Å²) in [5.74, 6) is 0. The molecule has 0 radical (unpaired) electrons. The number of para-hydroxylation sites is 4. The molecule has 11 aromatic rings. The molecule has 0 atom stereocenters. The summed E-state index contributed by atoms with van der Waals surface area (Å²) in [6, 6.07) is 99.0. The second kappa shape index (κ2) is 16.3. The van der Waals surface area contributed by atoms with Crippen LogP contribution in [0.5, 0.6) is 0 Å². The van der Waals surface area contributed by atoms with Crippen LogP contribution in [-0.4, -0.2) is 0 Å². The summed E-state index contributed by atoms with van der Waals surface area (Å²) in [6.45, 7) is 4.70. The van der Waals surface area contributed by atoms with E-state index in [9.17, 15) is 0 Å². The van der Waals surface area contributed by atoms with Gasteiger partial charge in [-0.25, -0.2) is 0 Å². The van der Waals surface area contributed by atoms with Crippen LogP contribution < -0.4 is 9.80 Å². The zero-order valence-electron chi connectivity index (χ0n) is 40.3. The predicted molar refractivity (Wildman–Crippen MR) is 301 cm³/mol. The fourth-order valence-electron chi connectivity index (χ4n) is 12.6. The zero-order valence-corrected chi connectivity index (χ0v) is 40.3. The number of fused-ring (bicyclic) bond motifs is 12. The van der Waals surface area contributed by atoms with Gasteiger partial charge in [0.1, 0.15) is 0 Å². The molecule has 0 unspecified atom stereocenters. The molecular weight excluding hydrogens is 869 g/mol. The minimum Gasteiger partial charge on any atom is -0.310 e. The fraction of sp³-hybridized carbons (Fsp3) is 0.0571. The Labute approximate surface area is 422 Å². The third kappa shape index (κ3) is 6.22. The van der Waals surface area contributed by atoms with Crippen LogP contribution in [0.15, 0.2) is 267 Å². The summed E-state index contributed by atoms with van der Waals surface area (Å²) in [7, 11) is 0. The van der Waals surface area contributed by atoms with Gasteiger partial charge in [-0.05, 0) is 144 Å². The van der Waals surface area contributed by atoms with Crippen LogP contribution >= 0.6 is 0 Å². The Balaban J connectivity index is 0.903. The van der Waals surface area contributed by atoms with Crippen LogP contribution in [0.3, 0.4) is 0 Å². The molecule has 0 bridgehead atoms. The summed E-state index contributed by atoms with van der Waals surface area (Å²) < 4.78 is 0. The van der Waals surface area contributed by atoms with E-state index in [0.29, 0.717) is 0 Å². The maximum Gasteiger partial charge on any atom is 0.0755 e. The molecule has 1 heterocycles. The number of anilines is 6. The van der Waals surface area contributed by atoms with Crippen LogP contribution in [-0.2, 0) is 10.8 Å². The lowest BCUT2D eigenvalue weighted by atomic mass is 9.64. The van der Waals surface area contributed by atoms with Gasteiger partial charge in [0.15, 0.2) is 0 Å². The monoisotopic (exact) mass is 918 g/mol. The summed E-state index contributed by atoms with van der Waals surface area (Å²) >= 11 is 0. The SMILES string of the molecule is CC1(C)c2ccccc2-c2ccc(-c3ccc(-c4ccc(N(c5ccc6c(c5)C5(c7ccccc7-6)c6ccccc6N(c6ccccc6)c6ccccc65)c5ccccc5-c5ccccc5)cc4)cc3)cc21. The van der Waals surface area contributed by atoms with Gasteiger partial charge in [-0.3, -0.25) is 0 Å². The molecule has 0 saturated heterocycles. The van der Waals surface area contributed by atoms with Gasteiger partial charge in [-0.15, -0.1) is 0 Å². The first-order chi connectivity index (χ1) is 35.5. The minimum atomic E-state index is -0.581. The number of hydrogen-bond acceptors (Lipinski definition) is 2. The molecule has 0 amide bonds. The molecule has 2 nitrogen and oxygen atoms in total. The largest absolute Gasteiger partial charge is 0.310 e. The van der Waals surface area contributed by atoms with Gasteiger partial charge in [0, 0.05) is 28.0 Å². The Kier molecular flexibility index (Phi) is 9.50. The lowest BCUT2D eigenvalue weighted by molar-refractivity contribution is 0.660. The van der Waals surface area contributed by atoms with E-state index in [0.717, 1.165) is 22.7 Å². The molecule has 0 N–H and O–H groups in total. The van der Waals surface area contributed by atoms with Crippen LogP contribution in [0.4, 0.5) is 34.1 Å². The highest BCUT2D eigenvalue weighted by atomic mass is 15.2. The Morgan fingerprint density at radius 2 is 0.736 bits per heavy atom. The van der Waals surface area contributed by atoms with Gasteiger partial charge in [0.25, 0.3) is 0 Å². The summed E-state index contributed by atoms with van der Waals surface area (Å²) in [4.78, 5) is 4.92. The minimum absolute atomic E-state index is 0.0391. The van der Waals surface area contributed by atoms with Crippen molar-refractivity contribution in [2.24, 2.45) is 0 Å². The Hall–Kier alpha value is -8.98. The topological polar surface area (TPSA) is 6.48 Å². The number of rotatable bonds is 7. The first-order valence-corrected chi connectivity index (χ1v) is 25.2. The highest BCUT2D eigenvalue weighted by molar-refractivity contribution is 5.98. The van der Waals surface area contributed by atoms with E-state index in [1.165, 1.54) is 100 Å². The lowest BCUT2D eigenvalue weighted by Gasteiger charge is -2.45. The van der Waals surface area contributed by atoms with Crippen LogP contribution in [0, 0.1) is 0 Å². The van der Waals surface area contributed by atoms with Crippen molar-refractivity contribution < 1.29 is 0 Å². The lowest BCUT2D eigenvalue weighted by Crippen LogP contribution is -2.36. The first-order valence-electron chi connectivity index (χ1n) is 25.2. The molecule has 72 heavy (non-hydrogen) atoms. The van der Waals surface area contributed by atoms with Gasteiger partial charge in [-0.2, -0.15) is 0 Å². The Morgan fingerprint density at radius 3 is 1.40 bits per heavy atom. The summed E-state index contributed by atoms with van der Waals surface area (Å²) in [5, 5.41) is 0. The molecular formula is C70H50N2. The molecule has 14 rings (SSSR count). The van der Waals surface area contributed by atoms with Crippen LogP contribution in [0.1, 0.15) is 47.2 Å². The Morgan fingerprint density at radius 1 is 0.292 bits per heavy atom. The van der Waals surface area contributed by atoms with E-state index < -0.39 is 5.41 Å². The van der Waals surface area contributed by atoms with Crippen LogP contribution in [0.25, 0.3) is 55.6 Å². The van der Waals surface area contributed by atoms with Crippen molar-refractivity contribution >= 4 is 34.1 Å². The van der Waals surface area contributed by atoms with E-state index in [2.05, 4.69) is 291 Å². The molecule has 0 fully saturated rings. The average Bonchev–Trinajstić information content (AvgIpc) is 3.86. The normalized spacial score (nSPS) is 13.9. The van der Waals surface area contributed by atoms with Crippen molar-refractivity contribution in [2.75, 3.05) is 9.80 Å². The Bertz CT molecular complexity index is 3840. The van der Waals surface area contributed by atoms with Gasteiger partial charge >= 0.3 is 0 Å². The van der Waals surface area contributed by atoms with E-state index in [-0.39, 0.29) is 5.41 Å². The standard InChI is InChI=1S/C70H50N2/c1-69(2)60-26-12-9-24-56(60)58-43-39-51(45-64(58)69)49-35-33-47(34-36-49)48-37-40-53(41-38-48)71(66-30-16-11-23-55(66)50-19-5-3-6-20-50)54-42-44-59-57-25-10-13-27-61(57)70(65(59)46-54)62-28-14-17-31-67(62)72(52-21-7-4-8-22-52)68-32-18-15-29-63(68)70/h3-46H,1-2H3. The van der Waals surface area contributed by atoms with E-state index in [1.54, 1.807) is 0 Å². The molecule has 1 aliphatic heterocycles. The first kappa shape index (κ1) is 41.9. The fourth-order valence-corrected chi connectivity index (χ4v) is 12.6. The molecule has 0 aromatic heterocycles. The molecule has 340 valence electrons. The van der Waals surface area contributed by atoms with Crippen molar-refractivity contribution in [1.82, 2.24) is 0 Å². The van der Waals surface area contributed by atoms with E-state index in [4.69, 9.17) is 0 Å². The maximum atomic E-state index is 2.49. The van der Waals surface area contributed by atoms with Crippen molar-refractivity contribution in [3.63, 3.8) is 0 Å². The third-order valence-electron chi connectivity index (χ3n) is 15.9. The van der Waals surface area contributed by atoms with Gasteiger partial charge in [-0.1, -0.05) is 220 Å². The number of nitrogens with zero attached hydrogens (tertiary/aromatic N) is 2. The van der Waals surface area contributed by atoms with Gasteiger partial charge in [0.05, 0.1) is 22.5 Å². The number of benzene rings is 11. The molecule has 0 saturated carbocycles. The van der Waals surface area contributed by atoms with Crippen LogP contribution in [0.2, 0.25) is 0 Å². The molecule has 2 aliphatic carbocycles. The molecule has 11 aromatic carbocycles. The smallest absolute Gasteiger partial charge is 0.0755 e. The van der Waals surface area contributed by atoms with Crippen molar-refractivity contribution in [1.29, 1.82) is 0 Å². The number of hydrogen-bond donors (Lipinski definition) is 0. The van der Waals surface area contributed by atoms with Gasteiger partial charge in [0.2, 0.25) is 0 Å². The molecule has 2 heteroatoms. The molecule has 3 aliphatic rings. The maximum absolute atomic E-state index is 2.49. The highest BCUT2D eigenvalue weighted by Crippen LogP contribution is 2.64. The average molecular weight is 919 g/mol. The molecule has 1 spiro atoms. The zero-order chi connectivity index (χ0) is 48.0. The summed E-state index contributed by atoms with van der Waals surface area (Å²) in [5.41, 5.74) is 26.5. The van der Waals surface area contributed by atoms with Crippen molar-refractivity contribution in [3.8, 4) is 55.6 Å². The second-order valence-electron chi connectivity index (χ2n) is 20.0.